The number of nitrogens with zero attached hydrogens (tertiary/aromatic N) is 3. The van der Waals surface area contributed by atoms with E-state index >= 15 is 0 Å². The number of aliphatic imine (C=N–C) groups is 1. The number of hydrogen-bond donors (Lipinski definition) is 2. The van der Waals surface area contributed by atoms with Gasteiger partial charge >= 0.3 is 0 Å². The van der Waals surface area contributed by atoms with Crippen LogP contribution in [0.1, 0.15) is 26.7 Å². The highest BCUT2D eigenvalue weighted by atomic mass is 32.2. The molecule has 0 spiro atoms. The number of carbonyl (C=O) groups is 1. The number of thioether (sulfide) groups is 1. The van der Waals surface area contributed by atoms with Gasteiger partial charge < -0.3 is 15.5 Å². The third-order valence-corrected chi connectivity index (χ3v) is 5.21. The van der Waals surface area contributed by atoms with Crippen molar-refractivity contribution in [3.8, 4) is 0 Å². The van der Waals surface area contributed by atoms with E-state index in [9.17, 15) is 4.79 Å². The lowest BCUT2D eigenvalue weighted by molar-refractivity contribution is -0.127. The number of likely N-dealkylation sites (tertiary alicyclic amines) is 1. The zero-order valence-corrected chi connectivity index (χ0v) is 16.1. The molecule has 1 saturated heterocycles. The summed E-state index contributed by atoms with van der Waals surface area (Å²) in [5.74, 6) is 0.754. The zero-order chi connectivity index (χ0) is 17.2. The highest BCUT2D eigenvalue weighted by molar-refractivity contribution is 7.99. The second kappa shape index (κ2) is 10.8. The van der Waals surface area contributed by atoms with Gasteiger partial charge in [0, 0.05) is 38.5 Å². The summed E-state index contributed by atoms with van der Waals surface area (Å²) in [5.41, 5.74) is 0. The molecule has 7 heteroatoms. The normalized spacial score (nSPS) is 20.4. The third-order valence-electron chi connectivity index (χ3n) is 4.24. The van der Waals surface area contributed by atoms with E-state index in [0.717, 1.165) is 25.6 Å². The molecule has 6 nitrogen and oxygen atoms in total. The number of hydrogen-bond acceptors (Lipinski definition) is 4. The Kier molecular flexibility index (Phi) is 9.40. The van der Waals surface area contributed by atoms with Crippen LogP contribution in [0, 0.1) is 0 Å². The molecule has 1 aliphatic heterocycles. The molecule has 1 rings (SSSR count). The topological polar surface area (TPSA) is 60.0 Å². The van der Waals surface area contributed by atoms with Crippen LogP contribution in [-0.2, 0) is 4.79 Å². The highest BCUT2D eigenvalue weighted by Gasteiger charge is 2.22. The Morgan fingerprint density at radius 3 is 2.78 bits per heavy atom. The van der Waals surface area contributed by atoms with Gasteiger partial charge in [-0.1, -0.05) is 13.8 Å². The number of amides is 1. The van der Waals surface area contributed by atoms with E-state index in [4.69, 9.17) is 0 Å². The molecule has 2 atom stereocenters. The molecule has 0 aromatic rings. The van der Waals surface area contributed by atoms with Crippen LogP contribution in [0.2, 0.25) is 0 Å². The molecule has 0 aromatic heterocycles. The molecule has 134 valence electrons. The van der Waals surface area contributed by atoms with Gasteiger partial charge in [0.1, 0.15) is 6.54 Å². The molecule has 0 bridgehead atoms. The van der Waals surface area contributed by atoms with Crippen molar-refractivity contribution in [2.24, 2.45) is 4.99 Å². The number of carbonyl (C=O) groups excluding carboxylic acids is 1. The maximum absolute atomic E-state index is 11.8. The molecule has 1 fully saturated rings. The average molecular weight is 344 g/mol. The quantitative estimate of drug-likeness (QED) is 0.505. The lowest BCUT2D eigenvalue weighted by atomic mass is 10.2. The lowest BCUT2D eigenvalue weighted by Gasteiger charge is -2.24. The van der Waals surface area contributed by atoms with Crippen molar-refractivity contribution < 1.29 is 4.79 Å². The first-order valence-corrected chi connectivity index (χ1v) is 9.75. The first-order valence-electron chi connectivity index (χ1n) is 8.47. The van der Waals surface area contributed by atoms with Crippen molar-refractivity contribution in [2.75, 3.05) is 53.1 Å². The Hall–Kier alpha value is -0.950. The highest BCUT2D eigenvalue weighted by Crippen LogP contribution is 2.15. The van der Waals surface area contributed by atoms with Crippen LogP contribution >= 0.6 is 11.8 Å². The first kappa shape index (κ1) is 20.1. The number of likely N-dealkylation sites (N-methyl/N-ethyl adjacent to an activating group) is 2. The van der Waals surface area contributed by atoms with Gasteiger partial charge in [0.2, 0.25) is 5.91 Å². The average Bonchev–Trinajstić information content (AvgIpc) is 3.00. The molecule has 0 saturated carbocycles. The fraction of sp³-hybridized carbons (Fsp3) is 0.875. The van der Waals surface area contributed by atoms with Crippen molar-refractivity contribution in [3.05, 3.63) is 0 Å². The van der Waals surface area contributed by atoms with Crippen LogP contribution in [0.25, 0.3) is 0 Å². The molecule has 1 aliphatic rings. The first-order chi connectivity index (χ1) is 11.0. The summed E-state index contributed by atoms with van der Waals surface area (Å²) in [6, 6.07) is 0.564. The molecule has 2 N–H and O–H groups in total. The van der Waals surface area contributed by atoms with Crippen molar-refractivity contribution >= 4 is 23.6 Å². The SMILES string of the molecule is CCN1CCCC1CNC(=NCC(=O)N(C)C)NCC(C)SC. The van der Waals surface area contributed by atoms with Gasteiger partial charge in [-0.25, -0.2) is 4.99 Å². The van der Waals surface area contributed by atoms with E-state index in [0.29, 0.717) is 11.3 Å². The van der Waals surface area contributed by atoms with E-state index in [2.05, 4.69) is 40.6 Å². The summed E-state index contributed by atoms with van der Waals surface area (Å²) in [6.07, 6.45) is 4.60. The third kappa shape index (κ3) is 7.44. The molecule has 0 aliphatic carbocycles. The lowest BCUT2D eigenvalue weighted by Crippen LogP contribution is -2.46. The summed E-state index contributed by atoms with van der Waals surface area (Å²) in [4.78, 5) is 20.3. The summed E-state index contributed by atoms with van der Waals surface area (Å²) in [7, 11) is 3.51. The summed E-state index contributed by atoms with van der Waals surface area (Å²) >= 11 is 1.81. The van der Waals surface area contributed by atoms with Crippen molar-refractivity contribution in [3.63, 3.8) is 0 Å². The largest absolute Gasteiger partial charge is 0.355 e. The minimum absolute atomic E-state index is 0.0140. The fourth-order valence-corrected chi connectivity index (χ4v) is 2.79. The van der Waals surface area contributed by atoms with Crippen molar-refractivity contribution in [1.82, 2.24) is 20.4 Å². The van der Waals surface area contributed by atoms with Gasteiger partial charge in [-0.2, -0.15) is 11.8 Å². The standard InChI is InChI=1S/C16H33N5OS/c1-6-21-9-7-8-14(21)11-18-16(17-10-13(2)23-5)19-12-15(22)20(3)4/h13-14H,6-12H2,1-5H3,(H2,17,18,19). The van der Waals surface area contributed by atoms with E-state index in [1.54, 1.807) is 19.0 Å². The summed E-state index contributed by atoms with van der Waals surface area (Å²) < 4.78 is 0. The van der Waals surface area contributed by atoms with Gasteiger partial charge in [-0.05, 0) is 32.2 Å². The molecular weight excluding hydrogens is 310 g/mol. The molecule has 23 heavy (non-hydrogen) atoms. The Balaban J connectivity index is 2.55. The summed E-state index contributed by atoms with van der Waals surface area (Å²) in [5, 5.41) is 7.27. The van der Waals surface area contributed by atoms with Crippen molar-refractivity contribution in [1.29, 1.82) is 0 Å². The van der Waals surface area contributed by atoms with Crippen LogP contribution in [0.5, 0.6) is 0 Å². The second-order valence-corrected chi connectivity index (χ2v) is 7.46. The van der Waals surface area contributed by atoms with Gasteiger partial charge in [0.25, 0.3) is 0 Å². The summed E-state index contributed by atoms with van der Waals surface area (Å²) in [6.45, 7) is 8.56. The molecule has 1 amide bonds. The van der Waals surface area contributed by atoms with Gasteiger partial charge in [-0.15, -0.1) is 0 Å². The number of rotatable bonds is 8. The second-order valence-electron chi connectivity index (χ2n) is 6.19. The Morgan fingerprint density at radius 1 is 1.43 bits per heavy atom. The van der Waals surface area contributed by atoms with Gasteiger partial charge in [-0.3, -0.25) is 9.69 Å². The Bertz CT molecular complexity index is 389. The fourth-order valence-electron chi connectivity index (χ4n) is 2.54. The van der Waals surface area contributed by atoms with E-state index in [1.165, 1.54) is 19.4 Å². The molecule has 1 heterocycles. The van der Waals surface area contributed by atoms with E-state index in [1.807, 2.05) is 11.8 Å². The molecule has 0 radical (unpaired) electrons. The maximum Gasteiger partial charge on any atom is 0.243 e. The van der Waals surface area contributed by atoms with Crippen LogP contribution in [0.3, 0.4) is 0 Å². The predicted molar refractivity (Wildman–Crippen MR) is 100 cm³/mol. The van der Waals surface area contributed by atoms with Crippen LogP contribution in [0.15, 0.2) is 4.99 Å². The van der Waals surface area contributed by atoms with Crippen LogP contribution in [0.4, 0.5) is 0 Å². The minimum atomic E-state index is 0.0140. The van der Waals surface area contributed by atoms with Crippen LogP contribution in [-0.4, -0.2) is 86.0 Å². The Labute approximate surface area is 145 Å². The molecule has 0 aromatic carbocycles. The predicted octanol–water partition coefficient (Wildman–Crippen LogP) is 0.846. The monoisotopic (exact) mass is 343 g/mol. The smallest absolute Gasteiger partial charge is 0.243 e. The Morgan fingerprint density at radius 2 is 2.17 bits per heavy atom. The van der Waals surface area contributed by atoms with Crippen LogP contribution < -0.4 is 10.6 Å². The molecular formula is C16H33N5OS. The number of nitrogens with one attached hydrogen (secondary N) is 2. The van der Waals surface area contributed by atoms with E-state index in [-0.39, 0.29) is 12.5 Å². The number of guanidine groups is 1. The van der Waals surface area contributed by atoms with Crippen molar-refractivity contribution in [2.45, 2.75) is 38.0 Å². The van der Waals surface area contributed by atoms with Gasteiger partial charge in [0.05, 0.1) is 0 Å². The van der Waals surface area contributed by atoms with E-state index < -0.39 is 0 Å². The zero-order valence-electron chi connectivity index (χ0n) is 15.3. The molecule has 2 unspecified atom stereocenters. The maximum atomic E-state index is 11.8. The minimum Gasteiger partial charge on any atom is -0.355 e. The van der Waals surface area contributed by atoms with Gasteiger partial charge in [0.15, 0.2) is 5.96 Å².